The average molecular weight is 259 g/mol. The maximum atomic E-state index is 10.6. The molecule has 0 unspecified atom stereocenters. The lowest BCUT2D eigenvalue weighted by atomic mass is 10.2. The molecule has 100 valence electrons. The molecule has 0 fully saturated rings. The number of nitro groups is 1. The van der Waals surface area contributed by atoms with E-state index >= 15 is 0 Å². The largest absolute Gasteiger partial charge is 0.350 e. The summed E-state index contributed by atoms with van der Waals surface area (Å²) in [5, 5.41) is 13.8. The van der Waals surface area contributed by atoms with Gasteiger partial charge in [-0.1, -0.05) is 19.1 Å². The van der Waals surface area contributed by atoms with Gasteiger partial charge in [-0.15, -0.1) is 0 Å². The van der Waals surface area contributed by atoms with E-state index in [4.69, 9.17) is 0 Å². The van der Waals surface area contributed by atoms with Crippen LogP contribution < -0.4 is 5.32 Å². The fourth-order valence-corrected chi connectivity index (χ4v) is 1.90. The molecule has 5 heteroatoms. The third-order valence-corrected chi connectivity index (χ3v) is 2.90. The summed E-state index contributed by atoms with van der Waals surface area (Å²) in [4.78, 5) is 10.2. The third-order valence-electron chi connectivity index (χ3n) is 2.90. The van der Waals surface area contributed by atoms with Gasteiger partial charge in [0.25, 0.3) is 5.69 Å². The van der Waals surface area contributed by atoms with Crippen molar-refractivity contribution in [1.29, 1.82) is 0 Å². The van der Waals surface area contributed by atoms with Crippen LogP contribution in [0.3, 0.4) is 0 Å². The van der Waals surface area contributed by atoms with E-state index in [9.17, 15) is 10.1 Å². The average Bonchev–Trinajstić information content (AvgIpc) is 2.84. The molecule has 0 saturated heterocycles. The molecule has 2 rings (SSSR count). The molecule has 0 aliphatic rings. The Hall–Kier alpha value is -2.14. The van der Waals surface area contributed by atoms with Crippen molar-refractivity contribution in [2.24, 2.45) is 0 Å². The zero-order chi connectivity index (χ0) is 13.7. The van der Waals surface area contributed by atoms with E-state index in [-0.39, 0.29) is 10.6 Å². The molecule has 0 atom stereocenters. The lowest BCUT2D eigenvalue weighted by Gasteiger charge is -2.03. The summed E-state index contributed by atoms with van der Waals surface area (Å²) in [5.74, 6) is 0. The number of rotatable bonds is 6. The van der Waals surface area contributed by atoms with E-state index in [1.54, 1.807) is 24.3 Å². The number of benzene rings is 1. The molecule has 2 aromatic rings. The summed E-state index contributed by atoms with van der Waals surface area (Å²) in [6.07, 6.45) is 4.11. The maximum absolute atomic E-state index is 10.6. The minimum atomic E-state index is -0.381. The van der Waals surface area contributed by atoms with Crippen LogP contribution in [0.4, 0.5) is 5.69 Å². The Morgan fingerprint density at radius 1 is 1.21 bits per heavy atom. The standard InChI is InChI=1S/C14H17N3O2/c1-2-15-9-13-7-8-16(11-13)10-12-3-5-14(6-4-12)17(18)19/h3-8,11,15H,2,9-10H2,1H3. The van der Waals surface area contributed by atoms with Crippen LogP contribution in [-0.4, -0.2) is 16.0 Å². The van der Waals surface area contributed by atoms with Crippen molar-refractivity contribution >= 4 is 5.69 Å². The molecule has 19 heavy (non-hydrogen) atoms. The molecule has 0 saturated carbocycles. The van der Waals surface area contributed by atoms with Gasteiger partial charge in [0, 0.05) is 37.6 Å². The van der Waals surface area contributed by atoms with Crippen molar-refractivity contribution in [2.45, 2.75) is 20.0 Å². The van der Waals surface area contributed by atoms with Crippen molar-refractivity contribution < 1.29 is 4.92 Å². The minimum Gasteiger partial charge on any atom is -0.350 e. The van der Waals surface area contributed by atoms with Crippen LogP contribution >= 0.6 is 0 Å². The van der Waals surface area contributed by atoms with Gasteiger partial charge in [0.15, 0.2) is 0 Å². The van der Waals surface area contributed by atoms with Gasteiger partial charge >= 0.3 is 0 Å². The van der Waals surface area contributed by atoms with Crippen molar-refractivity contribution in [3.63, 3.8) is 0 Å². The molecule has 0 amide bonds. The van der Waals surface area contributed by atoms with Crippen molar-refractivity contribution in [3.8, 4) is 0 Å². The summed E-state index contributed by atoms with van der Waals surface area (Å²) in [6.45, 7) is 4.62. The highest BCUT2D eigenvalue weighted by Gasteiger charge is 2.04. The summed E-state index contributed by atoms with van der Waals surface area (Å²) in [7, 11) is 0. The Morgan fingerprint density at radius 3 is 2.58 bits per heavy atom. The van der Waals surface area contributed by atoms with Gasteiger partial charge in [-0.2, -0.15) is 0 Å². The highest BCUT2D eigenvalue weighted by molar-refractivity contribution is 5.33. The van der Waals surface area contributed by atoms with Crippen LogP contribution in [0, 0.1) is 10.1 Å². The second-order valence-electron chi connectivity index (χ2n) is 4.40. The molecular weight excluding hydrogens is 242 g/mol. The molecule has 0 spiro atoms. The van der Waals surface area contributed by atoms with Crippen LogP contribution in [0.15, 0.2) is 42.7 Å². The second kappa shape index (κ2) is 6.15. The number of non-ortho nitro benzene ring substituents is 1. The summed E-state index contributed by atoms with van der Waals surface area (Å²) in [5.41, 5.74) is 2.42. The molecule has 0 aliphatic heterocycles. The van der Waals surface area contributed by atoms with E-state index in [1.165, 1.54) is 5.56 Å². The zero-order valence-electron chi connectivity index (χ0n) is 10.9. The minimum absolute atomic E-state index is 0.129. The molecular formula is C14H17N3O2. The first-order valence-electron chi connectivity index (χ1n) is 6.27. The lowest BCUT2D eigenvalue weighted by molar-refractivity contribution is -0.384. The summed E-state index contributed by atoms with van der Waals surface area (Å²) < 4.78 is 2.08. The van der Waals surface area contributed by atoms with Crippen molar-refractivity contribution in [3.05, 3.63) is 64.0 Å². The van der Waals surface area contributed by atoms with Crippen LogP contribution in [0.5, 0.6) is 0 Å². The van der Waals surface area contributed by atoms with E-state index in [0.29, 0.717) is 0 Å². The molecule has 0 bridgehead atoms. The molecule has 0 radical (unpaired) electrons. The molecule has 1 N–H and O–H groups in total. The van der Waals surface area contributed by atoms with Gasteiger partial charge in [0.05, 0.1) is 4.92 Å². The van der Waals surface area contributed by atoms with Gasteiger partial charge in [-0.05, 0) is 23.7 Å². The number of nitro benzene ring substituents is 1. The van der Waals surface area contributed by atoms with Gasteiger partial charge in [-0.3, -0.25) is 10.1 Å². The third kappa shape index (κ3) is 3.66. The quantitative estimate of drug-likeness (QED) is 0.640. The fraction of sp³-hybridized carbons (Fsp3) is 0.286. The lowest BCUT2D eigenvalue weighted by Crippen LogP contribution is -2.11. The predicted molar refractivity (Wildman–Crippen MR) is 74.0 cm³/mol. The number of nitrogens with one attached hydrogen (secondary N) is 1. The van der Waals surface area contributed by atoms with Gasteiger partial charge in [0.1, 0.15) is 0 Å². The van der Waals surface area contributed by atoms with E-state index in [2.05, 4.69) is 29.1 Å². The van der Waals surface area contributed by atoms with E-state index in [0.717, 1.165) is 25.2 Å². The monoisotopic (exact) mass is 259 g/mol. The highest BCUT2D eigenvalue weighted by atomic mass is 16.6. The number of hydrogen-bond acceptors (Lipinski definition) is 3. The number of aromatic nitrogens is 1. The zero-order valence-corrected chi connectivity index (χ0v) is 10.9. The first-order chi connectivity index (χ1) is 9.19. The molecule has 1 aromatic heterocycles. The molecule has 0 aliphatic carbocycles. The Bertz CT molecular complexity index is 546. The van der Waals surface area contributed by atoms with E-state index in [1.807, 2.05) is 6.20 Å². The Kier molecular flexibility index (Phi) is 4.30. The predicted octanol–water partition coefficient (Wildman–Crippen LogP) is 2.55. The van der Waals surface area contributed by atoms with Gasteiger partial charge in [0.2, 0.25) is 0 Å². The molecule has 5 nitrogen and oxygen atoms in total. The van der Waals surface area contributed by atoms with Crippen molar-refractivity contribution in [1.82, 2.24) is 9.88 Å². The SMILES string of the molecule is CCNCc1ccn(Cc2ccc([N+](=O)[O-])cc2)c1. The molecule has 1 aromatic carbocycles. The topological polar surface area (TPSA) is 60.1 Å². The fourth-order valence-electron chi connectivity index (χ4n) is 1.90. The van der Waals surface area contributed by atoms with Gasteiger partial charge < -0.3 is 9.88 Å². The molecule has 1 heterocycles. The first kappa shape index (κ1) is 13.3. The van der Waals surface area contributed by atoms with Crippen LogP contribution in [0.25, 0.3) is 0 Å². The smallest absolute Gasteiger partial charge is 0.269 e. The second-order valence-corrected chi connectivity index (χ2v) is 4.40. The Balaban J connectivity index is 2.00. The van der Waals surface area contributed by atoms with Crippen LogP contribution in [0.2, 0.25) is 0 Å². The van der Waals surface area contributed by atoms with Crippen LogP contribution in [0.1, 0.15) is 18.1 Å². The number of hydrogen-bond donors (Lipinski definition) is 1. The summed E-state index contributed by atoms with van der Waals surface area (Å²) in [6, 6.07) is 8.75. The Labute approximate surface area is 112 Å². The van der Waals surface area contributed by atoms with Crippen LogP contribution in [-0.2, 0) is 13.1 Å². The number of nitrogens with zero attached hydrogens (tertiary/aromatic N) is 2. The van der Waals surface area contributed by atoms with Gasteiger partial charge in [-0.25, -0.2) is 0 Å². The maximum Gasteiger partial charge on any atom is 0.269 e. The normalized spacial score (nSPS) is 10.6. The van der Waals surface area contributed by atoms with Crippen molar-refractivity contribution in [2.75, 3.05) is 6.54 Å². The summed E-state index contributed by atoms with van der Waals surface area (Å²) >= 11 is 0. The first-order valence-corrected chi connectivity index (χ1v) is 6.27. The highest BCUT2D eigenvalue weighted by Crippen LogP contribution is 2.13. The Morgan fingerprint density at radius 2 is 1.95 bits per heavy atom. The van der Waals surface area contributed by atoms with E-state index < -0.39 is 0 Å².